The van der Waals surface area contributed by atoms with Crippen molar-refractivity contribution in [3.8, 4) is 5.75 Å². The van der Waals surface area contributed by atoms with Gasteiger partial charge in [-0.1, -0.05) is 6.07 Å². The molecular formula is C18H25N5O. The van der Waals surface area contributed by atoms with Crippen molar-refractivity contribution in [1.82, 2.24) is 14.9 Å². The van der Waals surface area contributed by atoms with Crippen LogP contribution >= 0.6 is 0 Å². The van der Waals surface area contributed by atoms with E-state index in [2.05, 4.69) is 14.9 Å². The monoisotopic (exact) mass is 327 g/mol. The van der Waals surface area contributed by atoms with Crippen molar-refractivity contribution in [3.63, 3.8) is 0 Å². The van der Waals surface area contributed by atoms with Crippen molar-refractivity contribution < 1.29 is 4.74 Å². The van der Waals surface area contributed by atoms with E-state index >= 15 is 0 Å². The van der Waals surface area contributed by atoms with Crippen LogP contribution in [-0.4, -0.2) is 41.1 Å². The van der Waals surface area contributed by atoms with Crippen LogP contribution < -0.4 is 16.2 Å². The molecule has 24 heavy (non-hydrogen) atoms. The fourth-order valence-electron chi connectivity index (χ4n) is 3.53. The highest BCUT2D eigenvalue weighted by atomic mass is 16.5. The fraction of sp³-hybridized carbons (Fsp3) is 0.556. The number of hydrogen-bond donors (Lipinski definition) is 2. The summed E-state index contributed by atoms with van der Waals surface area (Å²) in [4.78, 5) is 10.9. The highest BCUT2D eigenvalue weighted by Gasteiger charge is 2.27. The molecule has 4 N–H and O–H groups in total. The Morgan fingerprint density at radius 1 is 1.04 bits per heavy atom. The lowest BCUT2D eigenvalue weighted by Crippen LogP contribution is -2.36. The predicted octanol–water partition coefficient (Wildman–Crippen LogP) is 2.29. The summed E-state index contributed by atoms with van der Waals surface area (Å²) in [7, 11) is 0. The first kappa shape index (κ1) is 15.4. The molecule has 128 valence electrons. The van der Waals surface area contributed by atoms with E-state index in [1.807, 2.05) is 18.2 Å². The van der Waals surface area contributed by atoms with Gasteiger partial charge >= 0.3 is 0 Å². The SMILES string of the molecule is Nc1nc(N)c2c(OCC3CCN(CC4CC4)CC3)cccc2n1. The molecule has 0 atom stereocenters. The van der Waals surface area contributed by atoms with E-state index in [9.17, 15) is 0 Å². The van der Waals surface area contributed by atoms with E-state index in [-0.39, 0.29) is 5.95 Å². The Hall–Kier alpha value is -2.08. The Morgan fingerprint density at radius 2 is 1.83 bits per heavy atom. The highest BCUT2D eigenvalue weighted by molar-refractivity contribution is 5.94. The first-order valence-electron chi connectivity index (χ1n) is 8.86. The molecule has 1 saturated heterocycles. The van der Waals surface area contributed by atoms with Crippen molar-refractivity contribution >= 4 is 22.7 Å². The average molecular weight is 327 g/mol. The summed E-state index contributed by atoms with van der Waals surface area (Å²) in [5, 5.41) is 0.762. The number of fused-ring (bicyclic) bond motifs is 1. The quantitative estimate of drug-likeness (QED) is 0.876. The van der Waals surface area contributed by atoms with E-state index in [1.54, 1.807) is 0 Å². The molecule has 4 rings (SSSR count). The summed E-state index contributed by atoms with van der Waals surface area (Å²) < 4.78 is 6.09. The number of hydrogen-bond acceptors (Lipinski definition) is 6. The average Bonchev–Trinajstić information content (AvgIpc) is 3.37. The molecule has 6 nitrogen and oxygen atoms in total. The van der Waals surface area contributed by atoms with Gasteiger partial charge in [-0.25, -0.2) is 4.98 Å². The van der Waals surface area contributed by atoms with Gasteiger partial charge in [0.2, 0.25) is 5.95 Å². The van der Waals surface area contributed by atoms with Gasteiger partial charge in [-0.15, -0.1) is 0 Å². The molecule has 0 amide bonds. The van der Waals surface area contributed by atoms with Crippen LogP contribution in [0.4, 0.5) is 11.8 Å². The van der Waals surface area contributed by atoms with Crippen LogP contribution in [0, 0.1) is 11.8 Å². The molecule has 0 unspecified atom stereocenters. The number of benzene rings is 1. The smallest absolute Gasteiger partial charge is 0.222 e. The van der Waals surface area contributed by atoms with Crippen LogP contribution in [0.2, 0.25) is 0 Å². The van der Waals surface area contributed by atoms with Crippen LogP contribution in [0.15, 0.2) is 18.2 Å². The second kappa shape index (κ2) is 6.43. The lowest BCUT2D eigenvalue weighted by molar-refractivity contribution is 0.138. The van der Waals surface area contributed by atoms with Gasteiger partial charge in [0.1, 0.15) is 11.6 Å². The van der Waals surface area contributed by atoms with Crippen LogP contribution in [0.25, 0.3) is 10.9 Å². The number of rotatable bonds is 5. The van der Waals surface area contributed by atoms with Crippen molar-refractivity contribution in [2.75, 3.05) is 37.7 Å². The Morgan fingerprint density at radius 3 is 2.58 bits per heavy atom. The summed E-state index contributed by atoms with van der Waals surface area (Å²) in [5.41, 5.74) is 12.4. The number of nitrogens with zero attached hydrogens (tertiary/aromatic N) is 3. The molecule has 1 aliphatic carbocycles. The predicted molar refractivity (Wildman–Crippen MR) is 95.7 cm³/mol. The summed E-state index contributed by atoms with van der Waals surface area (Å²) in [5.74, 6) is 2.91. The van der Waals surface area contributed by atoms with Gasteiger partial charge in [0.05, 0.1) is 17.5 Å². The Bertz CT molecular complexity index is 723. The summed E-state index contributed by atoms with van der Waals surface area (Å²) in [6.07, 6.45) is 5.27. The molecule has 2 aromatic rings. The Kier molecular flexibility index (Phi) is 4.14. The van der Waals surface area contributed by atoms with Crippen LogP contribution in [0.5, 0.6) is 5.75 Å². The Balaban J connectivity index is 1.38. The van der Waals surface area contributed by atoms with Crippen molar-refractivity contribution in [2.45, 2.75) is 25.7 Å². The number of ether oxygens (including phenoxy) is 1. The number of likely N-dealkylation sites (tertiary alicyclic amines) is 1. The maximum atomic E-state index is 6.09. The highest BCUT2D eigenvalue weighted by Crippen LogP contribution is 2.32. The van der Waals surface area contributed by atoms with Crippen LogP contribution in [0.3, 0.4) is 0 Å². The normalized spacial score (nSPS) is 19.7. The second-order valence-electron chi connectivity index (χ2n) is 7.12. The standard InChI is InChI=1S/C18H25N5O/c19-17-16-14(21-18(20)22-17)2-1-3-15(16)24-11-13-6-8-23(9-7-13)10-12-4-5-12/h1-3,12-13H,4-11H2,(H4,19,20,21,22). The lowest BCUT2D eigenvalue weighted by atomic mass is 9.97. The number of anilines is 2. The number of aromatic nitrogens is 2. The molecule has 0 bridgehead atoms. The van der Waals surface area contributed by atoms with E-state index in [1.165, 1.54) is 45.3 Å². The number of nitrogen functional groups attached to an aromatic ring is 2. The third-order valence-electron chi connectivity index (χ3n) is 5.13. The molecule has 1 aliphatic heterocycles. The fourth-order valence-corrected chi connectivity index (χ4v) is 3.53. The van der Waals surface area contributed by atoms with Crippen molar-refractivity contribution in [3.05, 3.63) is 18.2 Å². The van der Waals surface area contributed by atoms with Crippen LogP contribution in [-0.2, 0) is 0 Å². The number of piperidine rings is 1. The Labute approximate surface area is 142 Å². The summed E-state index contributed by atoms with van der Waals surface area (Å²) >= 11 is 0. The first-order valence-corrected chi connectivity index (χ1v) is 8.86. The first-order chi connectivity index (χ1) is 11.7. The summed E-state index contributed by atoms with van der Waals surface area (Å²) in [6, 6.07) is 5.73. The lowest BCUT2D eigenvalue weighted by Gasteiger charge is -2.31. The maximum absolute atomic E-state index is 6.09. The number of nitrogens with two attached hydrogens (primary N) is 2. The van der Waals surface area contributed by atoms with E-state index < -0.39 is 0 Å². The largest absolute Gasteiger partial charge is 0.492 e. The topological polar surface area (TPSA) is 90.3 Å². The van der Waals surface area contributed by atoms with Gasteiger partial charge in [-0.2, -0.15) is 4.98 Å². The van der Waals surface area contributed by atoms with Gasteiger partial charge in [-0.3, -0.25) is 0 Å². The van der Waals surface area contributed by atoms with Crippen molar-refractivity contribution in [2.24, 2.45) is 11.8 Å². The molecule has 6 heteroatoms. The minimum absolute atomic E-state index is 0.195. The minimum Gasteiger partial charge on any atom is -0.492 e. The molecule has 0 radical (unpaired) electrons. The zero-order chi connectivity index (χ0) is 16.5. The maximum Gasteiger partial charge on any atom is 0.222 e. The molecule has 1 aromatic carbocycles. The minimum atomic E-state index is 0.195. The van der Waals surface area contributed by atoms with E-state index in [0.29, 0.717) is 11.7 Å². The molecule has 0 spiro atoms. The van der Waals surface area contributed by atoms with Gasteiger partial charge in [0, 0.05) is 6.54 Å². The molecule has 2 aliphatic rings. The zero-order valence-corrected chi connectivity index (χ0v) is 13.9. The van der Waals surface area contributed by atoms with E-state index in [0.717, 1.165) is 29.2 Å². The van der Waals surface area contributed by atoms with Gasteiger partial charge in [0.15, 0.2) is 0 Å². The zero-order valence-electron chi connectivity index (χ0n) is 13.9. The molecule has 2 fully saturated rings. The van der Waals surface area contributed by atoms with Gasteiger partial charge in [-0.05, 0) is 62.7 Å². The third kappa shape index (κ3) is 3.38. The van der Waals surface area contributed by atoms with Gasteiger partial charge < -0.3 is 21.1 Å². The molecule has 1 saturated carbocycles. The summed E-state index contributed by atoms with van der Waals surface area (Å²) in [6.45, 7) is 4.41. The molecular weight excluding hydrogens is 302 g/mol. The van der Waals surface area contributed by atoms with E-state index in [4.69, 9.17) is 16.2 Å². The second-order valence-corrected chi connectivity index (χ2v) is 7.12. The van der Waals surface area contributed by atoms with Crippen LogP contribution in [0.1, 0.15) is 25.7 Å². The molecule has 2 heterocycles. The van der Waals surface area contributed by atoms with Crippen molar-refractivity contribution in [1.29, 1.82) is 0 Å². The van der Waals surface area contributed by atoms with Gasteiger partial charge in [0.25, 0.3) is 0 Å². The molecule has 1 aromatic heterocycles. The third-order valence-corrected chi connectivity index (χ3v) is 5.13.